The highest BCUT2D eigenvalue weighted by Crippen LogP contribution is 2.25. The fraction of sp³-hybridized carbons (Fsp3) is 0.250. The standard InChI is InChI=1S/C12H12BrClN4O/c1-2-3-10-16-11(18-17-10)12(19)15-7-4-5-9(14)8(13)6-7/h4-6H,2-3H2,1H3,(H,15,19)(H,16,17,18). The van der Waals surface area contributed by atoms with Crippen LogP contribution in [0.25, 0.3) is 0 Å². The molecule has 0 aliphatic rings. The molecule has 5 nitrogen and oxygen atoms in total. The summed E-state index contributed by atoms with van der Waals surface area (Å²) in [6, 6.07) is 5.13. The van der Waals surface area contributed by atoms with Gasteiger partial charge >= 0.3 is 0 Å². The van der Waals surface area contributed by atoms with E-state index in [0.717, 1.165) is 12.8 Å². The molecule has 0 aliphatic carbocycles. The van der Waals surface area contributed by atoms with Crippen molar-refractivity contribution in [2.45, 2.75) is 19.8 Å². The number of benzene rings is 1. The number of hydrogen-bond donors (Lipinski definition) is 2. The molecule has 2 rings (SSSR count). The van der Waals surface area contributed by atoms with Crippen molar-refractivity contribution in [3.8, 4) is 0 Å². The molecule has 2 aromatic rings. The van der Waals surface area contributed by atoms with Crippen molar-refractivity contribution in [1.29, 1.82) is 0 Å². The second-order valence-corrected chi connectivity index (χ2v) is 5.20. The van der Waals surface area contributed by atoms with Crippen LogP contribution in [0.4, 0.5) is 5.69 Å². The minimum absolute atomic E-state index is 0.134. The highest BCUT2D eigenvalue weighted by atomic mass is 79.9. The van der Waals surface area contributed by atoms with Crippen molar-refractivity contribution in [1.82, 2.24) is 15.2 Å². The van der Waals surface area contributed by atoms with E-state index in [-0.39, 0.29) is 11.7 Å². The van der Waals surface area contributed by atoms with E-state index in [1.807, 2.05) is 6.92 Å². The zero-order chi connectivity index (χ0) is 13.8. The number of aromatic nitrogens is 3. The van der Waals surface area contributed by atoms with Gasteiger partial charge in [-0.1, -0.05) is 18.5 Å². The summed E-state index contributed by atoms with van der Waals surface area (Å²) in [7, 11) is 0. The monoisotopic (exact) mass is 342 g/mol. The van der Waals surface area contributed by atoms with Crippen molar-refractivity contribution in [3.05, 3.63) is 39.3 Å². The summed E-state index contributed by atoms with van der Waals surface area (Å²) in [5, 5.41) is 9.92. The first-order valence-corrected chi connectivity index (χ1v) is 6.95. The Morgan fingerprint density at radius 2 is 2.32 bits per heavy atom. The molecule has 1 amide bonds. The molecular weight excluding hydrogens is 332 g/mol. The molecule has 1 aromatic heterocycles. The van der Waals surface area contributed by atoms with Gasteiger partial charge in [0.15, 0.2) is 0 Å². The van der Waals surface area contributed by atoms with Crippen LogP contribution in [0.1, 0.15) is 29.8 Å². The summed E-state index contributed by atoms with van der Waals surface area (Å²) in [6.07, 6.45) is 1.72. The Balaban J connectivity index is 2.09. The number of carbonyl (C=O) groups excluding carboxylic acids is 1. The number of aromatic amines is 1. The first-order chi connectivity index (χ1) is 9.10. The summed E-state index contributed by atoms with van der Waals surface area (Å²) in [6.45, 7) is 2.04. The van der Waals surface area contributed by atoms with Crippen molar-refractivity contribution < 1.29 is 4.79 Å². The second kappa shape index (κ2) is 6.16. The van der Waals surface area contributed by atoms with Crippen LogP contribution >= 0.6 is 27.5 Å². The van der Waals surface area contributed by atoms with Gasteiger partial charge in [-0.05, 0) is 40.5 Å². The predicted octanol–water partition coefficient (Wildman–Crippen LogP) is 3.43. The normalized spacial score (nSPS) is 10.5. The smallest absolute Gasteiger partial charge is 0.295 e. The SMILES string of the molecule is CCCc1nc(C(=O)Nc2ccc(Cl)c(Br)c2)n[nH]1. The lowest BCUT2D eigenvalue weighted by Gasteiger charge is -2.03. The Hall–Kier alpha value is -1.40. The zero-order valence-corrected chi connectivity index (χ0v) is 12.5. The van der Waals surface area contributed by atoms with Gasteiger partial charge in [-0.15, -0.1) is 5.10 Å². The van der Waals surface area contributed by atoms with Gasteiger partial charge in [0, 0.05) is 16.6 Å². The highest BCUT2D eigenvalue weighted by Gasteiger charge is 2.12. The largest absolute Gasteiger partial charge is 0.319 e. The molecule has 0 saturated carbocycles. The number of hydrogen-bond acceptors (Lipinski definition) is 3. The summed E-state index contributed by atoms with van der Waals surface area (Å²) in [5.74, 6) is 0.493. The molecule has 0 spiro atoms. The second-order valence-electron chi connectivity index (χ2n) is 3.94. The maximum absolute atomic E-state index is 11.9. The first-order valence-electron chi connectivity index (χ1n) is 5.78. The number of H-pyrrole nitrogens is 1. The summed E-state index contributed by atoms with van der Waals surface area (Å²) < 4.78 is 0.716. The molecule has 0 radical (unpaired) electrons. The molecule has 2 N–H and O–H groups in total. The molecule has 0 saturated heterocycles. The molecule has 0 unspecified atom stereocenters. The minimum Gasteiger partial charge on any atom is -0.319 e. The molecule has 0 atom stereocenters. The zero-order valence-electron chi connectivity index (χ0n) is 10.2. The molecule has 100 valence electrons. The van der Waals surface area contributed by atoms with Crippen molar-refractivity contribution in [3.63, 3.8) is 0 Å². The third-order valence-electron chi connectivity index (χ3n) is 2.40. The van der Waals surface area contributed by atoms with Crippen LogP contribution in [-0.2, 0) is 6.42 Å². The van der Waals surface area contributed by atoms with Gasteiger partial charge in [0.1, 0.15) is 5.82 Å². The minimum atomic E-state index is -0.354. The van der Waals surface area contributed by atoms with Crippen LogP contribution in [0.3, 0.4) is 0 Å². The van der Waals surface area contributed by atoms with Crippen LogP contribution in [-0.4, -0.2) is 21.1 Å². The lowest BCUT2D eigenvalue weighted by molar-refractivity contribution is 0.101. The Kier molecular flexibility index (Phi) is 4.55. The van der Waals surface area contributed by atoms with E-state index in [0.29, 0.717) is 21.0 Å². The van der Waals surface area contributed by atoms with E-state index in [1.165, 1.54) is 0 Å². The summed E-state index contributed by atoms with van der Waals surface area (Å²) in [5.41, 5.74) is 0.628. The third-order valence-corrected chi connectivity index (χ3v) is 3.61. The van der Waals surface area contributed by atoms with Crippen LogP contribution in [0.5, 0.6) is 0 Å². The van der Waals surface area contributed by atoms with E-state index in [2.05, 4.69) is 36.4 Å². The van der Waals surface area contributed by atoms with Crippen LogP contribution in [0.15, 0.2) is 22.7 Å². The van der Waals surface area contributed by atoms with Gasteiger partial charge in [0.05, 0.1) is 5.02 Å². The number of aryl methyl sites for hydroxylation is 1. The average Bonchev–Trinajstić information content (AvgIpc) is 2.83. The molecule has 0 fully saturated rings. The van der Waals surface area contributed by atoms with E-state index >= 15 is 0 Å². The number of halogens is 2. The third kappa shape index (κ3) is 3.54. The number of rotatable bonds is 4. The lowest BCUT2D eigenvalue weighted by Crippen LogP contribution is -2.13. The van der Waals surface area contributed by atoms with Crippen LogP contribution < -0.4 is 5.32 Å². The Morgan fingerprint density at radius 3 is 3.00 bits per heavy atom. The molecule has 7 heteroatoms. The maximum Gasteiger partial charge on any atom is 0.295 e. The molecule has 1 aromatic carbocycles. The van der Waals surface area contributed by atoms with E-state index < -0.39 is 0 Å². The van der Waals surface area contributed by atoms with E-state index in [1.54, 1.807) is 18.2 Å². The summed E-state index contributed by atoms with van der Waals surface area (Å²) in [4.78, 5) is 16.0. The molecule has 19 heavy (non-hydrogen) atoms. The molecule has 0 aliphatic heterocycles. The van der Waals surface area contributed by atoms with Gasteiger partial charge in [0.2, 0.25) is 5.82 Å². The number of amides is 1. The van der Waals surface area contributed by atoms with Gasteiger partial charge < -0.3 is 5.32 Å². The predicted molar refractivity (Wildman–Crippen MR) is 77.5 cm³/mol. The highest BCUT2D eigenvalue weighted by molar-refractivity contribution is 9.10. The molecule has 1 heterocycles. The lowest BCUT2D eigenvalue weighted by atomic mass is 10.3. The molecule has 0 bridgehead atoms. The summed E-state index contributed by atoms with van der Waals surface area (Å²) >= 11 is 9.18. The van der Waals surface area contributed by atoms with Crippen LogP contribution in [0, 0.1) is 0 Å². The van der Waals surface area contributed by atoms with Gasteiger partial charge in [-0.25, -0.2) is 4.98 Å². The van der Waals surface area contributed by atoms with Gasteiger partial charge in [-0.2, -0.15) is 0 Å². The van der Waals surface area contributed by atoms with Crippen molar-refractivity contribution in [2.24, 2.45) is 0 Å². The fourth-order valence-corrected chi connectivity index (χ4v) is 2.00. The fourth-order valence-electron chi connectivity index (χ4n) is 1.51. The van der Waals surface area contributed by atoms with E-state index in [9.17, 15) is 4.79 Å². The Labute approximate surface area is 123 Å². The first kappa shape index (κ1) is 14.0. The Bertz CT molecular complexity index is 599. The van der Waals surface area contributed by atoms with Crippen LogP contribution in [0.2, 0.25) is 5.02 Å². The number of carbonyl (C=O) groups is 1. The van der Waals surface area contributed by atoms with Gasteiger partial charge in [-0.3, -0.25) is 9.89 Å². The number of nitrogens with one attached hydrogen (secondary N) is 2. The molecular formula is C12H12BrClN4O. The van der Waals surface area contributed by atoms with Crippen molar-refractivity contribution >= 4 is 39.1 Å². The maximum atomic E-state index is 11.9. The van der Waals surface area contributed by atoms with E-state index in [4.69, 9.17) is 11.6 Å². The quantitative estimate of drug-likeness (QED) is 0.893. The number of nitrogens with zero attached hydrogens (tertiary/aromatic N) is 2. The Morgan fingerprint density at radius 1 is 1.53 bits per heavy atom. The number of anilines is 1. The topological polar surface area (TPSA) is 70.7 Å². The van der Waals surface area contributed by atoms with Gasteiger partial charge in [0.25, 0.3) is 5.91 Å². The average molecular weight is 344 g/mol. The van der Waals surface area contributed by atoms with Crippen molar-refractivity contribution in [2.75, 3.05) is 5.32 Å².